The second-order valence-corrected chi connectivity index (χ2v) is 9.28. The zero-order valence-electron chi connectivity index (χ0n) is 14.3. The highest BCUT2D eigenvalue weighted by molar-refractivity contribution is 7.87. The van der Waals surface area contributed by atoms with Crippen molar-refractivity contribution in [2.45, 2.75) is 4.75 Å². The van der Waals surface area contributed by atoms with Gasteiger partial charge in [0.1, 0.15) is 11.5 Å². The summed E-state index contributed by atoms with van der Waals surface area (Å²) in [6, 6.07) is 11.8. The number of benzene rings is 3. The van der Waals surface area contributed by atoms with Gasteiger partial charge in [-0.3, -0.25) is 4.55 Å². The molecular weight excluding hydrogens is 482 g/mol. The third kappa shape index (κ3) is 3.65. The smallest absolute Gasteiger partial charge is 0.283 e. The summed E-state index contributed by atoms with van der Waals surface area (Å²) in [5, 5.41) is 20.3. The summed E-state index contributed by atoms with van der Waals surface area (Å²) >= 11 is 24.5. The van der Waals surface area contributed by atoms with E-state index in [9.17, 15) is 23.2 Å². The standard InChI is InChI=1S/C19H12Cl4O5S/c20-11-4-1-3-10(7-11)19(29(26,27)28,13-5-2-6-15(21)17(13)23)14-8-12(24)9-16(22)18(14)25/h1-9,24-25H,(H,26,27,28). The zero-order valence-corrected chi connectivity index (χ0v) is 18.1. The van der Waals surface area contributed by atoms with E-state index in [1.165, 1.54) is 42.5 Å². The Morgan fingerprint density at radius 1 is 0.793 bits per heavy atom. The summed E-state index contributed by atoms with van der Waals surface area (Å²) in [4.78, 5) is 0. The summed E-state index contributed by atoms with van der Waals surface area (Å²) in [5.41, 5.74) is -0.668. The molecule has 0 bridgehead atoms. The van der Waals surface area contributed by atoms with E-state index >= 15 is 0 Å². The van der Waals surface area contributed by atoms with Gasteiger partial charge in [0.2, 0.25) is 0 Å². The van der Waals surface area contributed by atoms with Gasteiger partial charge in [-0.2, -0.15) is 8.42 Å². The van der Waals surface area contributed by atoms with Crippen molar-refractivity contribution < 1.29 is 23.2 Å². The lowest BCUT2D eigenvalue weighted by Crippen LogP contribution is -2.38. The first-order valence-corrected chi connectivity index (χ1v) is 10.8. The lowest BCUT2D eigenvalue weighted by atomic mass is 9.83. The number of halogens is 4. The molecular formula is C19H12Cl4O5S. The summed E-state index contributed by atoms with van der Waals surface area (Å²) in [6.45, 7) is 0. The Morgan fingerprint density at radius 3 is 2.07 bits per heavy atom. The van der Waals surface area contributed by atoms with Crippen LogP contribution in [0.4, 0.5) is 0 Å². The molecule has 3 aromatic carbocycles. The SMILES string of the molecule is O=S(=O)(O)C(c1cccc(Cl)c1)(c1cc(O)cc(Cl)c1O)c1cccc(Cl)c1Cl. The van der Waals surface area contributed by atoms with E-state index < -0.39 is 31.9 Å². The number of hydrogen-bond donors (Lipinski definition) is 3. The van der Waals surface area contributed by atoms with Crippen molar-refractivity contribution in [2.24, 2.45) is 0 Å². The van der Waals surface area contributed by atoms with Crippen LogP contribution in [-0.2, 0) is 14.9 Å². The minimum Gasteiger partial charge on any atom is -0.508 e. The van der Waals surface area contributed by atoms with Gasteiger partial charge in [-0.05, 0) is 29.8 Å². The molecule has 0 saturated carbocycles. The molecule has 0 amide bonds. The summed E-state index contributed by atoms with van der Waals surface area (Å²) in [6.07, 6.45) is 0. The van der Waals surface area contributed by atoms with Gasteiger partial charge >= 0.3 is 0 Å². The van der Waals surface area contributed by atoms with Crippen LogP contribution in [0.3, 0.4) is 0 Å². The van der Waals surface area contributed by atoms with Gasteiger partial charge in [-0.25, -0.2) is 0 Å². The Hall–Kier alpha value is -1.67. The third-order valence-corrected chi connectivity index (χ3v) is 7.17. The van der Waals surface area contributed by atoms with Crippen molar-refractivity contribution in [3.8, 4) is 11.5 Å². The number of rotatable bonds is 4. The minimum absolute atomic E-state index is 0.00459. The number of phenolic OH excluding ortho intramolecular Hbond substituents is 2. The van der Waals surface area contributed by atoms with E-state index in [1.54, 1.807) is 0 Å². The highest BCUT2D eigenvalue weighted by Gasteiger charge is 2.52. The van der Waals surface area contributed by atoms with Crippen molar-refractivity contribution in [3.63, 3.8) is 0 Å². The van der Waals surface area contributed by atoms with Crippen molar-refractivity contribution in [2.75, 3.05) is 0 Å². The largest absolute Gasteiger partial charge is 0.508 e. The first kappa shape index (κ1) is 22.0. The highest BCUT2D eigenvalue weighted by atomic mass is 35.5. The normalized spacial score (nSPS) is 13.8. The highest BCUT2D eigenvalue weighted by Crippen LogP contribution is 2.52. The molecule has 29 heavy (non-hydrogen) atoms. The maximum absolute atomic E-state index is 13.0. The van der Waals surface area contributed by atoms with E-state index in [0.717, 1.165) is 12.1 Å². The van der Waals surface area contributed by atoms with Crippen LogP contribution in [0.2, 0.25) is 20.1 Å². The number of hydrogen-bond acceptors (Lipinski definition) is 4. The predicted molar refractivity (Wildman–Crippen MR) is 114 cm³/mol. The first-order valence-electron chi connectivity index (χ1n) is 7.89. The van der Waals surface area contributed by atoms with Crippen molar-refractivity contribution in [1.82, 2.24) is 0 Å². The molecule has 3 rings (SSSR count). The molecule has 1 atom stereocenters. The average Bonchev–Trinajstić information content (AvgIpc) is 2.62. The molecule has 0 aliphatic rings. The molecule has 0 aliphatic heterocycles. The van der Waals surface area contributed by atoms with Gasteiger partial charge in [0.25, 0.3) is 10.1 Å². The zero-order chi connectivity index (χ0) is 21.6. The molecule has 0 spiro atoms. The van der Waals surface area contributed by atoms with Gasteiger partial charge in [-0.1, -0.05) is 70.7 Å². The van der Waals surface area contributed by atoms with Gasteiger partial charge in [0.05, 0.1) is 15.1 Å². The van der Waals surface area contributed by atoms with Crippen LogP contribution in [0.5, 0.6) is 11.5 Å². The van der Waals surface area contributed by atoms with Crippen molar-refractivity contribution >= 4 is 56.5 Å². The molecule has 0 saturated heterocycles. The van der Waals surface area contributed by atoms with Crippen LogP contribution in [-0.4, -0.2) is 23.2 Å². The van der Waals surface area contributed by atoms with Crippen LogP contribution in [0.25, 0.3) is 0 Å². The van der Waals surface area contributed by atoms with E-state index in [-0.39, 0.29) is 31.2 Å². The second kappa shape index (κ2) is 7.87. The molecule has 0 aliphatic carbocycles. The first-order chi connectivity index (χ1) is 13.5. The fourth-order valence-electron chi connectivity index (χ4n) is 3.22. The third-order valence-electron chi connectivity index (χ3n) is 4.38. The van der Waals surface area contributed by atoms with Crippen molar-refractivity contribution in [3.05, 3.63) is 91.4 Å². The quantitative estimate of drug-likeness (QED) is 0.239. The second-order valence-electron chi connectivity index (χ2n) is 6.09. The predicted octanol–water partition coefficient (Wildman–Crippen LogP) is 5.89. The van der Waals surface area contributed by atoms with E-state index in [1.807, 2.05) is 0 Å². The average molecular weight is 494 g/mol. The van der Waals surface area contributed by atoms with Crippen LogP contribution >= 0.6 is 46.4 Å². The van der Waals surface area contributed by atoms with Crippen LogP contribution in [0.15, 0.2) is 54.6 Å². The minimum atomic E-state index is -5.13. The van der Waals surface area contributed by atoms with Crippen LogP contribution < -0.4 is 0 Å². The Labute approximate surface area is 186 Å². The monoisotopic (exact) mass is 492 g/mol. The van der Waals surface area contributed by atoms with Gasteiger partial charge < -0.3 is 10.2 Å². The topological polar surface area (TPSA) is 94.8 Å². The number of phenols is 2. The molecule has 5 nitrogen and oxygen atoms in total. The fourth-order valence-corrected chi connectivity index (χ4v) is 5.43. The molecule has 152 valence electrons. The van der Waals surface area contributed by atoms with E-state index in [0.29, 0.717) is 0 Å². The Balaban J connectivity index is 2.65. The van der Waals surface area contributed by atoms with E-state index in [2.05, 4.69) is 0 Å². The maximum atomic E-state index is 13.0. The summed E-state index contributed by atoms with van der Waals surface area (Å²) in [7, 11) is -5.13. The molecule has 0 fully saturated rings. The molecule has 0 radical (unpaired) electrons. The number of aromatic hydroxyl groups is 2. The molecule has 3 aromatic rings. The van der Waals surface area contributed by atoms with Crippen LogP contribution in [0.1, 0.15) is 16.7 Å². The van der Waals surface area contributed by atoms with Crippen LogP contribution in [0, 0.1) is 0 Å². The molecule has 0 aromatic heterocycles. The van der Waals surface area contributed by atoms with Gasteiger partial charge in [-0.15, -0.1) is 0 Å². The van der Waals surface area contributed by atoms with E-state index in [4.69, 9.17) is 46.4 Å². The Bertz CT molecular complexity index is 1210. The molecule has 0 heterocycles. The Kier molecular flexibility index (Phi) is 5.98. The molecule has 1 unspecified atom stereocenters. The maximum Gasteiger partial charge on any atom is 0.283 e. The van der Waals surface area contributed by atoms with Gasteiger partial charge in [0.15, 0.2) is 4.75 Å². The molecule has 3 N–H and O–H groups in total. The Morgan fingerprint density at radius 2 is 1.45 bits per heavy atom. The summed E-state index contributed by atoms with van der Waals surface area (Å²) < 4.78 is 33.9. The fraction of sp³-hybridized carbons (Fsp3) is 0.0526. The van der Waals surface area contributed by atoms with Gasteiger partial charge in [0, 0.05) is 22.2 Å². The summed E-state index contributed by atoms with van der Waals surface area (Å²) in [5.74, 6) is -1.13. The lowest BCUT2D eigenvalue weighted by molar-refractivity contribution is 0.435. The van der Waals surface area contributed by atoms with Crippen molar-refractivity contribution in [1.29, 1.82) is 0 Å². The molecule has 10 heteroatoms. The lowest BCUT2D eigenvalue weighted by Gasteiger charge is -2.34.